The van der Waals surface area contributed by atoms with Crippen LogP contribution in [0.4, 0.5) is 0 Å². The van der Waals surface area contributed by atoms with Gasteiger partial charge in [-0.05, 0) is 26.3 Å². The van der Waals surface area contributed by atoms with Crippen LogP contribution in [0.3, 0.4) is 0 Å². The number of carbonyl (C=O) groups is 1. The second-order valence-corrected chi connectivity index (χ2v) is 5.11. The maximum absolute atomic E-state index is 12.0. The molecular formula is C11H21NO. The molecule has 0 spiro atoms. The molecule has 1 rings (SSSR count). The summed E-state index contributed by atoms with van der Waals surface area (Å²) >= 11 is 0. The average Bonchev–Trinajstić information content (AvgIpc) is 2.02. The zero-order valence-electron chi connectivity index (χ0n) is 9.18. The molecule has 0 aromatic heterocycles. The molecule has 1 aliphatic heterocycles. The Hall–Kier alpha value is -0.370. The van der Waals surface area contributed by atoms with Gasteiger partial charge in [-0.2, -0.15) is 0 Å². The summed E-state index contributed by atoms with van der Waals surface area (Å²) in [5, 5.41) is 3.36. The number of piperidine rings is 1. The van der Waals surface area contributed by atoms with Crippen LogP contribution in [0, 0.1) is 11.3 Å². The summed E-state index contributed by atoms with van der Waals surface area (Å²) in [7, 11) is 0. The van der Waals surface area contributed by atoms with E-state index in [2.05, 4.69) is 12.2 Å². The largest absolute Gasteiger partial charge is 0.314 e. The Morgan fingerprint density at radius 3 is 2.46 bits per heavy atom. The minimum absolute atomic E-state index is 0.183. The molecule has 0 aromatic rings. The van der Waals surface area contributed by atoms with Crippen LogP contribution in [-0.4, -0.2) is 18.4 Å². The number of ketones is 1. The van der Waals surface area contributed by atoms with E-state index in [0.717, 1.165) is 19.4 Å². The van der Waals surface area contributed by atoms with Crippen molar-refractivity contribution in [3.8, 4) is 0 Å². The molecular weight excluding hydrogens is 162 g/mol. The Bertz CT molecular complexity index is 193. The van der Waals surface area contributed by atoms with Gasteiger partial charge in [0.15, 0.2) is 0 Å². The highest BCUT2D eigenvalue weighted by molar-refractivity contribution is 5.86. The van der Waals surface area contributed by atoms with Crippen LogP contribution in [0.25, 0.3) is 0 Å². The highest BCUT2D eigenvalue weighted by Gasteiger charge is 2.34. The molecule has 1 saturated heterocycles. The first-order valence-corrected chi connectivity index (χ1v) is 5.20. The van der Waals surface area contributed by atoms with Gasteiger partial charge >= 0.3 is 0 Å². The van der Waals surface area contributed by atoms with E-state index in [0.29, 0.717) is 11.8 Å². The molecule has 1 aliphatic rings. The lowest BCUT2D eigenvalue weighted by Gasteiger charge is -2.33. The molecule has 0 bridgehead atoms. The van der Waals surface area contributed by atoms with Crippen LogP contribution in [0.15, 0.2) is 0 Å². The van der Waals surface area contributed by atoms with Gasteiger partial charge in [-0.15, -0.1) is 0 Å². The van der Waals surface area contributed by atoms with Crippen molar-refractivity contribution in [3.63, 3.8) is 0 Å². The van der Waals surface area contributed by atoms with E-state index in [1.165, 1.54) is 0 Å². The maximum atomic E-state index is 12.0. The fraction of sp³-hybridized carbons (Fsp3) is 0.909. The van der Waals surface area contributed by atoms with E-state index in [-0.39, 0.29) is 11.3 Å². The predicted octanol–water partition coefficient (Wildman–Crippen LogP) is 1.99. The molecule has 0 amide bonds. The van der Waals surface area contributed by atoms with Crippen molar-refractivity contribution in [1.29, 1.82) is 0 Å². The first-order valence-electron chi connectivity index (χ1n) is 5.20. The fourth-order valence-corrected chi connectivity index (χ4v) is 1.96. The Labute approximate surface area is 81.1 Å². The van der Waals surface area contributed by atoms with E-state index in [1.807, 2.05) is 20.8 Å². The van der Waals surface area contributed by atoms with Gasteiger partial charge in [0.2, 0.25) is 0 Å². The predicted molar refractivity (Wildman–Crippen MR) is 54.7 cm³/mol. The highest BCUT2D eigenvalue weighted by Crippen LogP contribution is 2.27. The van der Waals surface area contributed by atoms with E-state index in [4.69, 9.17) is 0 Å². The molecule has 1 fully saturated rings. The number of rotatable bonds is 1. The molecule has 0 aromatic carbocycles. The summed E-state index contributed by atoms with van der Waals surface area (Å²) < 4.78 is 0. The number of hydrogen-bond acceptors (Lipinski definition) is 2. The summed E-state index contributed by atoms with van der Waals surface area (Å²) in [6.07, 6.45) is 2.20. The zero-order valence-corrected chi connectivity index (χ0v) is 9.18. The van der Waals surface area contributed by atoms with Crippen molar-refractivity contribution in [2.45, 2.75) is 46.6 Å². The molecule has 2 unspecified atom stereocenters. The van der Waals surface area contributed by atoms with Gasteiger partial charge in [0.05, 0.1) is 0 Å². The van der Waals surface area contributed by atoms with Crippen LogP contribution in [0.5, 0.6) is 0 Å². The topological polar surface area (TPSA) is 29.1 Å². The molecule has 2 heteroatoms. The van der Waals surface area contributed by atoms with Gasteiger partial charge in [-0.3, -0.25) is 4.79 Å². The van der Waals surface area contributed by atoms with Crippen molar-refractivity contribution in [3.05, 3.63) is 0 Å². The third kappa shape index (κ3) is 2.53. The number of Topliss-reactive ketones (excluding diaryl/α,β-unsaturated/α-hetero) is 1. The van der Waals surface area contributed by atoms with Crippen LogP contribution >= 0.6 is 0 Å². The molecule has 0 aliphatic carbocycles. The zero-order chi connectivity index (χ0) is 10.1. The third-order valence-electron chi connectivity index (χ3n) is 2.84. The SMILES string of the molecule is CC1NCCCC1C(=O)C(C)(C)C. The minimum atomic E-state index is -0.183. The summed E-state index contributed by atoms with van der Waals surface area (Å²) in [5.41, 5.74) is -0.183. The van der Waals surface area contributed by atoms with E-state index in [9.17, 15) is 4.79 Å². The molecule has 2 nitrogen and oxygen atoms in total. The summed E-state index contributed by atoms with van der Waals surface area (Å²) in [6, 6.07) is 0.362. The summed E-state index contributed by atoms with van der Waals surface area (Å²) in [5.74, 6) is 0.640. The first kappa shape index (κ1) is 10.7. The minimum Gasteiger partial charge on any atom is -0.314 e. The second kappa shape index (κ2) is 3.79. The van der Waals surface area contributed by atoms with Gasteiger partial charge < -0.3 is 5.32 Å². The molecule has 0 saturated carbocycles. The van der Waals surface area contributed by atoms with Crippen LogP contribution in [0.2, 0.25) is 0 Å². The normalized spacial score (nSPS) is 30.2. The van der Waals surface area contributed by atoms with Gasteiger partial charge in [0.1, 0.15) is 5.78 Å². The standard InChI is InChI=1S/C11H21NO/c1-8-9(6-5-7-12-8)10(13)11(2,3)4/h8-9,12H,5-7H2,1-4H3. The first-order chi connectivity index (χ1) is 5.93. The Morgan fingerprint density at radius 1 is 1.38 bits per heavy atom. The average molecular weight is 183 g/mol. The van der Waals surface area contributed by atoms with Gasteiger partial charge in [0.25, 0.3) is 0 Å². The molecule has 76 valence electrons. The van der Waals surface area contributed by atoms with E-state index < -0.39 is 0 Å². The second-order valence-electron chi connectivity index (χ2n) is 5.11. The van der Waals surface area contributed by atoms with E-state index >= 15 is 0 Å². The van der Waals surface area contributed by atoms with Crippen LogP contribution in [0.1, 0.15) is 40.5 Å². The fourth-order valence-electron chi connectivity index (χ4n) is 1.96. The van der Waals surface area contributed by atoms with Gasteiger partial charge in [-0.25, -0.2) is 0 Å². The lowest BCUT2D eigenvalue weighted by atomic mass is 9.77. The third-order valence-corrected chi connectivity index (χ3v) is 2.84. The number of hydrogen-bond donors (Lipinski definition) is 1. The van der Waals surface area contributed by atoms with Crippen molar-refractivity contribution < 1.29 is 4.79 Å². The molecule has 0 radical (unpaired) electrons. The Kier molecular flexibility index (Phi) is 3.12. The Morgan fingerprint density at radius 2 is 2.00 bits per heavy atom. The molecule has 1 N–H and O–H groups in total. The monoisotopic (exact) mass is 183 g/mol. The van der Waals surface area contributed by atoms with Crippen molar-refractivity contribution >= 4 is 5.78 Å². The van der Waals surface area contributed by atoms with E-state index in [1.54, 1.807) is 0 Å². The molecule has 13 heavy (non-hydrogen) atoms. The quantitative estimate of drug-likeness (QED) is 0.673. The van der Waals surface area contributed by atoms with Crippen molar-refractivity contribution in [2.24, 2.45) is 11.3 Å². The molecule has 2 atom stereocenters. The number of carbonyl (C=O) groups excluding carboxylic acids is 1. The summed E-state index contributed by atoms with van der Waals surface area (Å²) in [6.45, 7) is 9.21. The maximum Gasteiger partial charge on any atom is 0.142 e. The highest BCUT2D eigenvalue weighted by atomic mass is 16.1. The van der Waals surface area contributed by atoms with Crippen molar-refractivity contribution in [2.75, 3.05) is 6.54 Å². The Balaban J connectivity index is 2.64. The van der Waals surface area contributed by atoms with Gasteiger partial charge in [0, 0.05) is 17.4 Å². The van der Waals surface area contributed by atoms with Crippen LogP contribution < -0.4 is 5.32 Å². The lowest BCUT2D eigenvalue weighted by Crippen LogP contribution is -2.45. The summed E-state index contributed by atoms with van der Waals surface area (Å²) in [4.78, 5) is 12.0. The lowest BCUT2D eigenvalue weighted by molar-refractivity contribution is -0.132. The molecule has 1 heterocycles. The number of nitrogens with one attached hydrogen (secondary N) is 1. The smallest absolute Gasteiger partial charge is 0.142 e. The van der Waals surface area contributed by atoms with Crippen LogP contribution in [-0.2, 0) is 4.79 Å². The van der Waals surface area contributed by atoms with Gasteiger partial charge in [-0.1, -0.05) is 20.8 Å². The van der Waals surface area contributed by atoms with Crippen molar-refractivity contribution in [1.82, 2.24) is 5.32 Å².